The molecular weight excluding hydrogens is 214 g/mol. The Kier molecular flexibility index (Phi) is 3.17. The zero-order valence-corrected chi connectivity index (χ0v) is 10.8. The minimum atomic E-state index is 0.389. The van der Waals surface area contributed by atoms with Gasteiger partial charge in [-0.3, -0.25) is 4.68 Å². The van der Waals surface area contributed by atoms with E-state index in [4.69, 9.17) is 0 Å². The van der Waals surface area contributed by atoms with Gasteiger partial charge in [0.2, 0.25) is 5.95 Å². The summed E-state index contributed by atoms with van der Waals surface area (Å²) in [6, 6.07) is 0.389. The number of aryl methyl sites for hydroxylation is 2. The molecule has 2 heterocycles. The Hall–Kier alpha value is -1.78. The first-order valence-electron chi connectivity index (χ1n) is 5.95. The van der Waals surface area contributed by atoms with Gasteiger partial charge in [0.05, 0.1) is 17.6 Å². The van der Waals surface area contributed by atoms with Crippen LogP contribution in [0.5, 0.6) is 0 Å². The van der Waals surface area contributed by atoms with Crippen molar-refractivity contribution in [1.82, 2.24) is 19.3 Å². The van der Waals surface area contributed by atoms with Gasteiger partial charge in [-0.05, 0) is 27.7 Å². The van der Waals surface area contributed by atoms with Crippen molar-refractivity contribution in [3.63, 3.8) is 0 Å². The molecule has 2 aromatic heterocycles. The third kappa shape index (κ3) is 2.49. The fraction of sp³-hybridized carbons (Fsp3) is 0.500. The van der Waals surface area contributed by atoms with Gasteiger partial charge in [0.1, 0.15) is 0 Å². The molecule has 1 N–H and O–H groups in total. The lowest BCUT2D eigenvalue weighted by atomic mass is 10.4. The molecular formula is C12H19N5. The number of hydrogen-bond donors (Lipinski definition) is 1. The number of nitrogens with zero attached hydrogens (tertiary/aromatic N) is 4. The Balaban J connectivity index is 2.23. The summed E-state index contributed by atoms with van der Waals surface area (Å²) >= 11 is 0. The van der Waals surface area contributed by atoms with Crippen LogP contribution in [0.3, 0.4) is 0 Å². The Bertz CT molecular complexity index is 495. The van der Waals surface area contributed by atoms with E-state index in [0.717, 1.165) is 23.9 Å². The molecule has 0 aromatic carbocycles. The second-order valence-electron chi connectivity index (χ2n) is 4.42. The van der Waals surface area contributed by atoms with Crippen LogP contribution in [0.1, 0.15) is 32.5 Å². The van der Waals surface area contributed by atoms with Crippen LogP contribution in [-0.2, 0) is 6.54 Å². The largest absolute Gasteiger partial charge is 0.323 e. The second kappa shape index (κ2) is 4.61. The SMILES string of the molecule is CCn1cc(Nc2nc(C)cn2C(C)C)cn1. The van der Waals surface area contributed by atoms with Crippen molar-refractivity contribution in [3.05, 3.63) is 24.3 Å². The monoisotopic (exact) mass is 233 g/mol. The van der Waals surface area contributed by atoms with Crippen LogP contribution in [0, 0.1) is 6.92 Å². The van der Waals surface area contributed by atoms with Gasteiger partial charge in [-0.1, -0.05) is 0 Å². The Labute approximate surface area is 101 Å². The number of imidazole rings is 1. The van der Waals surface area contributed by atoms with Gasteiger partial charge >= 0.3 is 0 Å². The van der Waals surface area contributed by atoms with E-state index >= 15 is 0 Å². The molecule has 0 spiro atoms. The van der Waals surface area contributed by atoms with Crippen molar-refractivity contribution in [2.45, 2.75) is 40.3 Å². The van der Waals surface area contributed by atoms with Crippen molar-refractivity contribution in [2.75, 3.05) is 5.32 Å². The second-order valence-corrected chi connectivity index (χ2v) is 4.42. The molecule has 2 rings (SSSR count). The lowest BCUT2D eigenvalue weighted by Gasteiger charge is -2.11. The predicted molar refractivity (Wildman–Crippen MR) is 68.5 cm³/mol. The van der Waals surface area contributed by atoms with Gasteiger partial charge in [0.25, 0.3) is 0 Å². The van der Waals surface area contributed by atoms with Crippen LogP contribution >= 0.6 is 0 Å². The van der Waals surface area contributed by atoms with E-state index in [1.54, 1.807) is 0 Å². The third-order valence-electron chi connectivity index (χ3n) is 2.62. The predicted octanol–water partition coefficient (Wildman–Crippen LogP) is 2.73. The van der Waals surface area contributed by atoms with Crippen LogP contribution in [-0.4, -0.2) is 19.3 Å². The molecule has 2 aromatic rings. The first-order valence-corrected chi connectivity index (χ1v) is 5.95. The van der Waals surface area contributed by atoms with Gasteiger partial charge in [0.15, 0.2) is 0 Å². The smallest absolute Gasteiger partial charge is 0.207 e. The van der Waals surface area contributed by atoms with Crippen LogP contribution < -0.4 is 5.32 Å². The van der Waals surface area contributed by atoms with Gasteiger partial charge < -0.3 is 9.88 Å². The zero-order valence-electron chi connectivity index (χ0n) is 10.8. The average molecular weight is 233 g/mol. The van der Waals surface area contributed by atoms with Crippen LogP contribution in [0.15, 0.2) is 18.6 Å². The average Bonchev–Trinajstić information content (AvgIpc) is 2.85. The summed E-state index contributed by atoms with van der Waals surface area (Å²) in [5.41, 5.74) is 1.99. The highest BCUT2D eigenvalue weighted by molar-refractivity contribution is 5.51. The molecule has 0 saturated carbocycles. The minimum Gasteiger partial charge on any atom is -0.323 e. The van der Waals surface area contributed by atoms with E-state index in [0.29, 0.717) is 6.04 Å². The summed E-state index contributed by atoms with van der Waals surface area (Å²) in [6.45, 7) is 9.22. The fourth-order valence-electron chi connectivity index (χ4n) is 1.73. The number of anilines is 2. The van der Waals surface area contributed by atoms with Crippen molar-refractivity contribution in [1.29, 1.82) is 0 Å². The molecule has 5 nitrogen and oxygen atoms in total. The molecule has 0 saturated heterocycles. The summed E-state index contributed by atoms with van der Waals surface area (Å²) in [5.74, 6) is 0.869. The highest BCUT2D eigenvalue weighted by Gasteiger charge is 2.09. The molecule has 0 atom stereocenters. The minimum absolute atomic E-state index is 0.389. The van der Waals surface area contributed by atoms with Gasteiger partial charge in [-0.2, -0.15) is 5.10 Å². The Morgan fingerprint density at radius 2 is 2.12 bits per heavy atom. The number of hydrogen-bond acceptors (Lipinski definition) is 3. The summed E-state index contributed by atoms with van der Waals surface area (Å²) in [5, 5.41) is 7.53. The summed E-state index contributed by atoms with van der Waals surface area (Å²) in [7, 11) is 0. The fourth-order valence-corrected chi connectivity index (χ4v) is 1.73. The maximum atomic E-state index is 4.48. The van der Waals surface area contributed by atoms with E-state index in [1.807, 2.05) is 24.0 Å². The molecule has 0 bridgehead atoms. The zero-order chi connectivity index (χ0) is 12.4. The van der Waals surface area contributed by atoms with Crippen LogP contribution in [0.25, 0.3) is 0 Å². The normalized spacial score (nSPS) is 11.1. The van der Waals surface area contributed by atoms with Crippen molar-refractivity contribution in [3.8, 4) is 0 Å². The molecule has 0 aliphatic heterocycles. The van der Waals surface area contributed by atoms with Gasteiger partial charge in [-0.25, -0.2) is 4.98 Å². The number of rotatable bonds is 4. The van der Waals surface area contributed by atoms with E-state index in [1.165, 1.54) is 0 Å². The summed E-state index contributed by atoms with van der Waals surface area (Å²) in [4.78, 5) is 4.48. The molecule has 0 radical (unpaired) electrons. The molecule has 0 amide bonds. The Morgan fingerprint density at radius 3 is 2.71 bits per heavy atom. The molecule has 0 unspecified atom stereocenters. The Morgan fingerprint density at radius 1 is 1.35 bits per heavy atom. The first-order chi connectivity index (χ1) is 8.10. The highest BCUT2D eigenvalue weighted by Crippen LogP contribution is 2.19. The van der Waals surface area contributed by atoms with Crippen molar-refractivity contribution in [2.24, 2.45) is 0 Å². The number of aromatic nitrogens is 4. The maximum Gasteiger partial charge on any atom is 0.207 e. The topological polar surface area (TPSA) is 47.7 Å². The summed E-state index contributed by atoms with van der Waals surface area (Å²) < 4.78 is 4.01. The van der Waals surface area contributed by atoms with E-state index in [9.17, 15) is 0 Å². The molecule has 5 heteroatoms. The highest BCUT2D eigenvalue weighted by atomic mass is 15.3. The quantitative estimate of drug-likeness (QED) is 0.883. The van der Waals surface area contributed by atoms with E-state index in [-0.39, 0.29) is 0 Å². The van der Waals surface area contributed by atoms with Crippen molar-refractivity contribution < 1.29 is 0 Å². The van der Waals surface area contributed by atoms with Crippen molar-refractivity contribution >= 4 is 11.6 Å². The van der Waals surface area contributed by atoms with Gasteiger partial charge in [0, 0.05) is 25.0 Å². The molecule has 0 fully saturated rings. The maximum absolute atomic E-state index is 4.48. The third-order valence-corrected chi connectivity index (χ3v) is 2.62. The van der Waals surface area contributed by atoms with E-state index < -0.39 is 0 Å². The molecule has 0 aliphatic carbocycles. The van der Waals surface area contributed by atoms with Gasteiger partial charge in [-0.15, -0.1) is 0 Å². The lowest BCUT2D eigenvalue weighted by Crippen LogP contribution is -2.04. The van der Waals surface area contributed by atoms with Crippen LogP contribution in [0.2, 0.25) is 0 Å². The summed E-state index contributed by atoms with van der Waals surface area (Å²) in [6.07, 6.45) is 5.85. The van der Waals surface area contributed by atoms with Crippen LogP contribution in [0.4, 0.5) is 11.6 Å². The first kappa shape index (κ1) is 11.7. The van der Waals surface area contributed by atoms with E-state index in [2.05, 4.69) is 46.9 Å². The molecule has 0 aliphatic rings. The molecule has 92 valence electrons. The number of nitrogens with one attached hydrogen (secondary N) is 1. The standard InChI is InChI=1S/C12H19N5/c1-5-16-8-11(6-13-16)15-12-14-10(4)7-17(12)9(2)3/h6-9H,5H2,1-4H3,(H,14,15). The lowest BCUT2D eigenvalue weighted by molar-refractivity contribution is 0.607. The molecule has 17 heavy (non-hydrogen) atoms.